The molecule has 0 nitrogen and oxygen atoms in total. The molecule has 0 bridgehead atoms. The molecular formula is C16H16BrCl. The highest BCUT2D eigenvalue weighted by Gasteiger charge is 2.13. The first-order valence-corrected chi connectivity index (χ1v) is 7.25. The minimum atomic E-state index is 0.0346. The van der Waals surface area contributed by atoms with Crippen molar-refractivity contribution in [2.75, 3.05) is 0 Å². The molecule has 1 unspecified atom stereocenters. The number of alkyl halides is 1. The van der Waals surface area contributed by atoms with E-state index >= 15 is 0 Å². The molecule has 0 fully saturated rings. The maximum atomic E-state index is 6.58. The van der Waals surface area contributed by atoms with Gasteiger partial charge in [-0.15, -0.1) is 11.6 Å². The van der Waals surface area contributed by atoms with E-state index in [-0.39, 0.29) is 5.38 Å². The Labute approximate surface area is 122 Å². The van der Waals surface area contributed by atoms with Gasteiger partial charge >= 0.3 is 0 Å². The van der Waals surface area contributed by atoms with Crippen molar-refractivity contribution in [1.29, 1.82) is 0 Å². The van der Waals surface area contributed by atoms with Gasteiger partial charge in [0.15, 0.2) is 0 Å². The zero-order chi connectivity index (χ0) is 13.1. The first kappa shape index (κ1) is 13.6. The number of aryl methyl sites for hydroxylation is 2. The van der Waals surface area contributed by atoms with E-state index in [2.05, 4.69) is 72.2 Å². The zero-order valence-electron chi connectivity index (χ0n) is 10.6. The molecule has 0 saturated heterocycles. The maximum Gasteiger partial charge on any atom is 0.0630 e. The Bertz CT molecular complexity index is 511. The van der Waals surface area contributed by atoms with Gasteiger partial charge in [0, 0.05) is 4.47 Å². The van der Waals surface area contributed by atoms with Gasteiger partial charge in [0.2, 0.25) is 0 Å². The number of rotatable bonds is 3. The normalized spacial score (nSPS) is 12.4. The lowest BCUT2D eigenvalue weighted by molar-refractivity contribution is 0.899. The van der Waals surface area contributed by atoms with E-state index in [1.165, 1.54) is 22.3 Å². The van der Waals surface area contributed by atoms with Crippen LogP contribution in [0.3, 0.4) is 0 Å². The van der Waals surface area contributed by atoms with E-state index in [0.29, 0.717) is 0 Å². The minimum absolute atomic E-state index is 0.0346. The van der Waals surface area contributed by atoms with Gasteiger partial charge in [0.05, 0.1) is 5.38 Å². The molecule has 2 aromatic carbocycles. The molecule has 2 aromatic rings. The van der Waals surface area contributed by atoms with Crippen LogP contribution in [0.1, 0.15) is 27.6 Å². The van der Waals surface area contributed by atoms with Gasteiger partial charge in [-0.3, -0.25) is 0 Å². The summed E-state index contributed by atoms with van der Waals surface area (Å²) < 4.78 is 1.10. The molecule has 0 heterocycles. The number of halogens is 2. The van der Waals surface area contributed by atoms with Gasteiger partial charge < -0.3 is 0 Å². The Hall–Kier alpha value is -0.790. The Balaban J connectivity index is 2.22. The summed E-state index contributed by atoms with van der Waals surface area (Å²) in [6, 6.07) is 14.7. The fraction of sp³-hybridized carbons (Fsp3) is 0.250. The molecule has 0 aliphatic heterocycles. The topological polar surface area (TPSA) is 0 Å². The molecule has 0 spiro atoms. The summed E-state index contributed by atoms with van der Waals surface area (Å²) in [7, 11) is 0. The number of hydrogen-bond donors (Lipinski definition) is 0. The third-order valence-corrected chi connectivity index (χ3v) is 4.08. The van der Waals surface area contributed by atoms with Crippen LogP contribution in [-0.2, 0) is 6.42 Å². The predicted molar refractivity (Wildman–Crippen MR) is 82.4 cm³/mol. The van der Waals surface area contributed by atoms with Gasteiger partial charge in [-0.2, -0.15) is 0 Å². The Morgan fingerprint density at radius 3 is 2.11 bits per heavy atom. The summed E-state index contributed by atoms with van der Waals surface area (Å²) in [5, 5.41) is 0.0346. The minimum Gasteiger partial charge on any atom is -0.117 e. The molecule has 2 heteroatoms. The highest BCUT2D eigenvalue weighted by molar-refractivity contribution is 9.10. The standard InChI is InChI=1S/C16H16BrCl/c1-11-4-3-5-12(2)16(11)15(18)10-13-6-8-14(17)9-7-13/h3-9,15H,10H2,1-2H3. The Morgan fingerprint density at radius 1 is 1.00 bits per heavy atom. The second-order valence-corrected chi connectivity index (χ2v) is 6.05. The SMILES string of the molecule is Cc1cccc(C)c1C(Cl)Cc1ccc(Br)cc1. The van der Waals surface area contributed by atoms with Crippen LogP contribution in [0.15, 0.2) is 46.9 Å². The Kier molecular flexibility index (Phi) is 4.47. The molecular weight excluding hydrogens is 308 g/mol. The van der Waals surface area contributed by atoms with Crippen molar-refractivity contribution in [2.24, 2.45) is 0 Å². The molecule has 94 valence electrons. The molecule has 0 amide bonds. The molecule has 0 aromatic heterocycles. The van der Waals surface area contributed by atoms with Crippen LogP contribution in [-0.4, -0.2) is 0 Å². The van der Waals surface area contributed by atoms with Gasteiger partial charge in [-0.25, -0.2) is 0 Å². The molecule has 0 aliphatic rings. The third-order valence-electron chi connectivity index (χ3n) is 3.18. The quantitative estimate of drug-likeness (QED) is 0.646. The van der Waals surface area contributed by atoms with E-state index in [4.69, 9.17) is 11.6 Å². The van der Waals surface area contributed by atoms with Crippen molar-refractivity contribution in [1.82, 2.24) is 0 Å². The van der Waals surface area contributed by atoms with Crippen molar-refractivity contribution >= 4 is 27.5 Å². The molecule has 2 rings (SSSR count). The molecule has 0 aliphatic carbocycles. The summed E-state index contributed by atoms with van der Waals surface area (Å²) in [5.74, 6) is 0. The molecule has 0 radical (unpaired) electrons. The van der Waals surface area contributed by atoms with Crippen molar-refractivity contribution in [3.63, 3.8) is 0 Å². The fourth-order valence-corrected chi connectivity index (χ4v) is 3.04. The lowest BCUT2D eigenvalue weighted by Crippen LogP contribution is -2.01. The van der Waals surface area contributed by atoms with Crippen LogP contribution >= 0.6 is 27.5 Å². The summed E-state index contributed by atoms with van der Waals surface area (Å²) in [6.45, 7) is 4.25. The Morgan fingerprint density at radius 2 is 1.56 bits per heavy atom. The van der Waals surface area contributed by atoms with Gasteiger partial charge in [0.1, 0.15) is 0 Å². The molecule has 18 heavy (non-hydrogen) atoms. The highest BCUT2D eigenvalue weighted by Crippen LogP contribution is 2.30. The second-order valence-electron chi connectivity index (χ2n) is 4.60. The number of hydrogen-bond acceptors (Lipinski definition) is 0. The van der Waals surface area contributed by atoms with Crippen molar-refractivity contribution in [3.8, 4) is 0 Å². The first-order chi connectivity index (χ1) is 8.58. The van der Waals surface area contributed by atoms with Gasteiger partial charge in [0.25, 0.3) is 0 Å². The second kappa shape index (κ2) is 5.90. The predicted octanol–water partition coefficient (Wildman–Crippen LogP) is 5.59. The smallest absolute Gasteiger partial charge is 0.0630 e. The van der Waals surface area contributed by atoms with Crippen molar-refractivity contribution in [3.05, 3.63) is 69.2 Å². The lowest BCUT2D eigenvalue weighted by Gasteiger charge is -2.15. The highest BCUT2D eigenvalue weighted by atomic mass is 79.9. The average Bonchev–Trinajstić information content (AvgIpc) is 2.32. The molecule has 1 atom stereocenters. The lowest BCUT2D eigenvalue weighted by atomic mass is 9.96. The monoisotopic (exact) mass is 322 g/mol. The van der Waals surface area contributed by atoms with Crippen LogP contribution in [0.25, 0.3) is 0 Å². The van der Waals surface area contributed by atoms with Crippen molar-refractivity contribution < 1.29 is 0 Å². The fourth-order valence-electron chi connectivity index (χ4n) is 2.25. The van der Waals surface area contributed by atoms with Crippen LogP contribution in [0, 0.1) is 13.8 Å². The third kappa shape index (κ3) is 3.15. The summed E-state index contributed by atoms with van der Waals surface area (Å²) in [4.78, 5) is 0. The zero-order valence-corrected chi connectivity index (χ0v) is 12.9. The average molecular weight is 324 g/mol. The van der Waals surface area contributed by atoms with E-state index < -0.39 is 0 Å². The van der Waals surface area contributed by atoms with Crippen LogP contribution in [0.2, 0.25) is 0 Å². The van der Waals surface area contributed by atoms with E-state index in [1.54, 1.807) is 0 Å². The molecule has 0 N–H and O–H groups in total. The van der Waals surface area contributed by atoms with E-state index in [1.807, 2.05) is 0 Å². The first-order valence-electron chi connectivity index (χ1n) is 6.02. The van der Waals surface area contributed by atoms with Crippen LogP contribution in [0.4, 0.5) is 0 Å². The van der Waals surface area contributed by atoms with Gasteiger partial charge in [-0.1, -0.05) is 46.3 Å². The van der Waals surface area contributed by atoms with E-state index in [9.17, 15) is 0 Å². The van der Waals surface area contributed by atoms with E-state index in [0.717, 1.165) is 10.9 Å². The van der Waals surface area contributed by atoms with Crippen molar-refractivity contribution in [2.45, 2.75) is 25.6 Å². The number of benzene rings is 2. The maximum absolute atomic E-state index is 6.58. The van der Waals surface area contributed by atoms with Crippen LogP contribution < -0.4 is 0 Å². The summed E-state index contributed by atoms with van der Waals surface area (Å²) in [5.41, 5.74) is 5.07. The summed E-state index contributed by atoms with van der Waals surface area (Å²) >= 11 is 10.0. The molecule has 0 saturated carbocycles. The summed E-state index contributed by atoms with van der Waals surface area (Å²) in [6.07, 6.45) is 0.862. The van der Waals surface area contributed by atoms with Gasteiger partial charge in [-0.05, 0) is 54.7 Å². The van der Waals surface area contributed by atoms with Crippen LogP contribution in [0.5, 0.6) is 0 Å². The largest absolute Gasteiger partial charge is 0.117 e.